The van der Waals surface area contributed by atoms with Crippen LogP contribution in [0.25, 0.3) is 0 Å². The summed E-state index contributed by atoms with van der Waals surface area (Å²) in [5.41, 5.74) is 3.36. The van der Waals surface area contributed by atoms with Gasteiger partial charge in [0.2, 0.25) is 0 Å². The second-order valence-corrected chi connectivity index (χ2v) is 5.28. The van der Waals surface area contributed by atoms with Crippen molar-refractivity contribution in [2.75, 3.05) is 13.2 Å². The van der Waals surface area contributed by atoms with Gasteiger partial charge >= 0.3 is 6.09 Å². The molecule has 1 amide bonds. The van der Waals surface area contributed by atoms with Crippen LogP contribution in [0.2, 0.25) is 0 Å². The quantitative estimate of drug-likeness (QED) is 0.889. The lowest BCUT2D eigenvalue weighted by molar-refractivity contribution is 0.157. The molecule has 1 fully saturated rings. The van der Waals surface area contributed by atoms with Crippen LogP contribution in [0.1, 0.15) is 16.8 Å². The SMILES string of the molecule is O=C1OCCN1Cc1ccc(CNCc2ccccn2)cc1. The van der Waals surface area contributed by atoms with E-state index >= 15 is 0 Å². The van der Waals surface area contributed by atoms with Gasteiger partial charge in [-0.3, -0.25) is 4.98 Å². The fourth-order valence-corrected chi connectivity index (χ4v) is 2.39. The number of benzene rings is 1. The molecule has 22 heavy (non-hydrogen) atoms. The van der Waals surface area contributed by atoms with E-state index < -0.39 is 0 Å². The molecular weight excluding hydrogens is 278 g/mol. The standard InChI is InChI=1S/C17H19N3O2/c21-17-20(9-10-22-17)13-15-6-4-14(5-7-15)11-18-12-16-3-1-2-8-19-16/h1-8,18H,9-13H2. The Morgan fingerprint density at radius 3 is 2.59 bits per heavy atom. The summed E-state index contributed by atoms with van der Waals surface area (Å²) in [6, 6.07) is 14.2. The Labute approximate surface area is 129 Å². The van der Waals surface area contributed by atoms with Crippen LogP contribution in [-0.4, -0.2) is 29.1 Å². The van der Waals surface area contributed by atoms with Crippen molar-refractivity contribution >= 4 is 6.09 Å². The van der Waals surface area contributed by atoms with E-state index in [1.54, 1.807) is 11.1 Å². The number of nitrogens with zero attached hydrogens (tertiary/aromatic N) is 2. The van der Waals surface area contributed by atoms with Gasteiger partial charge in [0.15, 0.2) is 0 Å². The van der Waals surface area contributed by atoms with Crippen molar-refractivity contribution in [3.8, 4) is 0 Å². The maximum atomic E-state index is 11.4. The van der Waals surface area contributed by atoms with E-state index in [0.717, 1.165) is 24.3 Å². The third-order valence-electron chi connectivity index (χ3n) is 3.60. The molecule has 1 aromatic heterocycles. The number of nitrogens with one attached hydrogen (secondary N) is 1. The van der Waals surface area contributed by atoms with Gasteiger partial charge in [0.25, 0.3) is 0 Å². The Morgan fingerprint density at radius 2 is 1.91 bits per heavy atom. The van der Waals surface area contributed by atoms with Crippen LogP contribution < -0.4 is 5.32 Å². The number of carbonyl (C=O) groups is 1. The third-order valence-corrected chi connectivity index (χ3v) is 3.60. The number of amides is 1. The van der Waals surface area contributed by atoms with Gasteiger partial charge in [-0.1, -0.05) is 30.3 Å². The van der Waals surface area contributed by atoms with Crippen LogP contribution in [0.15, 0.2) is 48.7 Å². The van der Waals surface area contributed by atoms with E-state index in [-0.39, 0.29) is 6.09 Å². The van der Waals surface area contributed by atoms with E-state index in [4.69, 9.17) is 4.74 Å². The van der Waals surface area contributed by atoms with E-state index in [1.807, 2.05) is 18.2 Å². The molecule has 0 spiro atoms. The zero-order chi connectivity index (χ0) is 15.2. The summed E-state index contributed by atoms with van der Waals surface area (Å²) in [6.07, 6.45) is 1.58. The first-order chi connectivity index (χ1) is 10.8. The lowest BCUT2D eigenvalue weighted by Crippen LogP contribution is -2.23. The molecule has 0 radical (unpaired) electrons. The lowest BCUT2D eigenvalue weighted by atomic mass is 10.1. The van der Waals surface area contributed by atoms with Crippen molar-refractivity contribution in [2.45, 2.75) is 19.6 Å². The molecule has 1 aliphatic heterocycles. The van der Waals surface area contributed by atoms with Crippen molar-refractivity contribution in [3.63, 3.8) is 0 Å². The normalized spacial score (nSPS) is 14.2. The first-order valence-corrected chi connectivity index (χ1v) is 7.41. The maximum Gasteiger partial charge on any atom is 0.410 e. The Balaban J connectivity index is 1.48. The Morgan fingerprint density at radius 1 is 1.09 bits per heavy atom. The molecule has 1 saturated heterocycles. The highest BCUT2D eigenvalue weighted by Crippen LogP contribution is 2.11. The number of ether oxygens (including phenoxy) is 1. The van der Waals surface area contributed by atoms with Gasteiger partial charge in [-0.15, -0.1) is 0 Å². The van der Waals surface area contributed by atoms with Crippen LogP contribution in [0.3, 0.4) is 0 Å². The molecule has 1 N–H and O–H groups in total. The molecule has 5 nitrogen and oxygen atoms in total. The minimum Gasteiger partial charge on any atom is -0.448 e. The van der Waals surface area contributed by atoms with Gasteiger partial charge in [0.05, 0.1) is 12.2 Å². The molecule has 2 heterocycles. The van der Waals surface area contributed by atoms with Crippen LogP contribution >= 0.6 is 0 Å². The van der Waals surface area contributed by atoms with Gasteiger partial charge in [-0.25, -0.2) is 4.79 Å². The van der Waals surface area contributed by atoms with Crippen molar-refractivity contribution in [2.24, 2.45) is 0 Å². The summed E-state index contributed by atoms with van der Waals surface area (Å²) in [6.45, 7) is 3.33. The Hall–Kier alpha value is -2.40. The van der Waals surface area contributed by atoms with Gasteiger partial charge in [0.1, 0.15) is 6.61 Å². The number of hydrogen-bond donors (Lipinski definition) is 1. The highest BCUT2D eigenvalue weighted by atomic mass is 16.6. The smallest absolute Gasteiger partial charge is 0.410 e. The molecular formula is C17H19N3O2. The zero-order valence-corrected chi connectivity index (χ0v) is 12.4. The van der Waals surface area contributed by atoms with Crippen LogP contribution in [-0.2, 0) is 24.4 Å². The highest BCUT2D eigenvalue weighted by molar-refractivity contribution is 5.69. The number of rotatable bonds is 6. The van der Waals surface area contributed by atoms with Crippen molar-refractivity contribution < 1.29 is 9.53 Å². The first kappa shape index (κ1) is 14.5. The largest absolute Gasteiger partial charge is 0.448 e. The van der Waals surface area contributed by atoms with E-state index in [9.17, 15) is 4.79 Å². The van der Waals surface area contributed by atoms with Crippen LogP contribution in [0.5, 0.6) is 0 Å². The molecule has 3 rings (SSSR count). The zero-order valence-electron chi connectivity index (χ0n) is 12.4. The molecule has 0 aliphatic carbocycles. The average molecular weight is 297 g/mol. The van der Waals surface area contributed by atoms with Crippen LogP contribution in [0, 0.1) is 0 Å². The summed E-state index contributed by atoms with van der Waals surface area (Å²) in [5, 5.41) is 3.37. The van der Waals surface area contributed by atoms with E-state index in [1.165, 1.54) is 5.56 Å². The van der Waals surface area contributed by atoms with Crippen molar-refractivity contribution in [1.82, 2.24) is 15.2 Å². The van der Waals surface area contributed by atoms with Crippen molar-refractivity contribution in [3.05, 3.63) is 65.5 Å². The molecule has 0 unspecified atom stereocenters. The van der Waals surface area contributed by atoms with Gasteiger partial charge in [0, 0.05) is 25.8 Å². The second-order valence-electron chi connectivity index (χ2n) is 5.28. The molecule has 1 aromatic carbocycles. The van der Waals surface area contributed by atoms with Crippen LogP contribution in [0.4, 0.5) is 4.79 Å². The van der Waals surface area contributed by atoms with Gasteiger partial charge in [-0.05, 0) is 23.3 Å². The molecule has 2 aromatic rings. The number of hydrogen-bond acceptors (Lipinski definition) is 4. The third kappa shape index (κ3) is 3.83. The van der Waals surface area contributed by atoms with Gasteiger partial charge < -0.3 is 15.0 Å². The van der Waals surface area contributed by atoms with E-state index in [0.29, 0.717) is 19.7 Å². The van der Waals surface area contributed by atoms with Crippen molar-refractivity contribution in [1.29, 1.82) is 0 Å². The second kappa shape index (κ2) is 7.04. The molecule has 0 bridgehead atoms. The van der Waals surface area contributed by atoms with Gasteiger partial charge in [-0.2, -0.15) is 0 Å². The lowest BCUT2D eigenvalue weighted by Gasteiger charge is -2.13. The van der Waals surface area contributed by atoms with E-state index in [2.05, 4.69) is 34.6 Å². The summed E-state index contributed by atoms with van der Waals surface area (Å²) in [7, 11) is 0. The summed E-state index contributed by atoms with van der Waals surface area (Å²) in [4.78, 5) is 17.4. The predicted molar refractivity (Wildman–Crippen MR) is 83.0 cm³/mol. The predicted octanol–water partition coefficient (Wildman–Crippen LogP) is 2.32. The molecule has 0 atom stereocenters. The number of cyclic esters (lactones) is 1. The summed E-state index contributed by atoms with van der Waals surface area (Å²) >= 11 is 0. The summed E-state index contributed by atoms with van der Waals surface area (Å²) < 4.78 is 4.93. The topological polar surface area (TPSA) is 54.5 Å². The fraction of sp³-hybridized carbons (Fsp3) is 0.294. The molecule has 5 heteroatoms. The minimum absolute atomic E-state index is 0.221. The molecule has 1 aliphatic rings. The first-order valence-electron chi connectivity index (χ1n) is 7.41. The number of pyridine rings is 1. The Bertz CT molecular complexity index is 614. The number of carbonyl (C=O) groups excluding carboxylic acids is 1. The summed E-state index contributed by atoms with van der Waals surface area (Å²) in [5.74, 6) is 0. The number of aromatic nitrogens is 1. The highest BCUT2D eigenvalue weighted by Gasteiger charge is 2.21. The molecule has 0 saturated carbocycles. The average Bonchev–Trinajstić information content (AvgIpc) is 2.95. The minimum atomic E-state index is -0.221. The molecule has 114 valence electrons. The Kier molecular flexibility index (Phi) is 4.65. The monoisotopic (exact) mass is 297 g/mol. The fourth-order valence-electron chi connectivity index (χ4n) is 2.39. The maximum absolute atomic E-state index is 11.4.